The quantitative estimate of drug-likeness (QED) is 0.738. The van der Waals surface area contributed by atoms with Crippen LogP contribution in [-0.2, 0) is 0 Å². The molecule has 0 atom stereocenters. The maximum Gasteiger partial charge on any atom is 0.263 e. The number of ether oxygens (including phenoxy) is 1. The van der Waals surface area contributed by atoms with E-state index in [0.717, 1.165) is 11.1 Å². The van der Waals surface area contributed by atoms with Crippen LogP contribution in [0.3, 0.4) is 0 Å². The highest BCUT2D eigenvalue weighted by molar-refractivity contribution is 7.99. The molecule has 2 heterocycles. The zero-order chi connectivity index (χ0) is 13.9. The zero-order valence-electron chi connectivity index (χ0n) is 10.7. The molecule has 0 saturated carbocycles. The minimum Gasteiger partial charge on any atom is -0.476 e. The molecule has 3 aromatic rings. The topological polar surface area (TPSA) is 87.1 Å². The molecular weight excluding hydrogens is 276 g/mol. The van der Waals surface area contributed by atoms with Gasteiger partial charge in [0.05, 0.1) is 6.61 Å². The Labute approximate surface area is 119 Å². The monoisotopic (exact) mass is 288 g/mol. The van der Waals surface area contributed by atoms with Gasteiger partial charge in [0.1, 0.15) is 22.6 Å². The molecule has 1 aromatic carbocycles. The van der Waals surface area contributed by atoms with E-state index in [9.17, 15) is 0 Å². The van der Waals surface area contributed by atoms with E-state index in [1.54, 1.807) is 0 Å². The van der Waals surface area contributed by atoms with Crippen molar-refractivity contribution < 1.29 is 9.15 Å². The van der Waals surface area contributed by atoms with Gasteiger partial charge in [-0.25, -0.2) is 9.97 Å². The highest BCUT2D eigenvalue weighted by atomic mass is 32.2. The summed E-state index contributed by atoms with van der Waals surface area (Å²) in [6.45, 7) is 2.36. The van der Waals surface area contributed by atoms with Crippen LogP contribution in [0, 0.1) is 0 Å². The number of para-hydroxylation sites is 2. The van der Waals surface area contributed by atoms with Crippen LogP contribution < -0.4 is 10.5 Å². The van der Waals surface area contributed by atoms with Crippen LogP contribution in [0.15, 0.2) is 45.3 Å². The van der Waals surface area contributed by atoms with Crippen molar-refractivity contribution in [1.29, 1.82) is 0 Å². The number of hydrogen-bond acceptors (Lipinski definition) is 7. The molecular formula is C13H12N4O2S. The van der Waals surface area contributed by atoms with E-state index in [0.29, 0.717) is 28.4 Å². The summed E-state index contributed by atoms with van der Waals surface area (Å²) in [6.07, 6.45) is 1.41. The molecule has 3 rings (SSSR count). The van der Waals surface area contributed by atoms with Gasteiger partial charge in [0.25, 0.3) is 5.22 Å². The van der Waals surface area contributed by atoms with Gasteiger partial charge in [-0.05, 0) is 30.8 Å². The Hall–Kier alpha value is -2.28. The number of rotatable bonds is 4. The largest absolute Gasteiger partial charge is 0.476 e. The summed E-state index contributed by atoms with van der Waals surface area (Å²) < 4.78 is 11.0. The Balaban J connectivity index is 1.92. The number of benzene rings is 1. The van der Waals surface area contributed by atoms with Crippen LogP contribution in [0.2, 0.25) is 0 Å². The number of nitrogen functional groups attached to an aromatic ring is 1. The number of nitrogens with zero attached hydrogens (tertiary/aromatic N) is 3. The van der Waals surface area contributed by atoms with E-state index in [-0.39, 0.29) is 0 Å². The fourth-order valence-electron chi connectivity index (χ4n) is 1.67. The van der Waals surface area contributed by atoms with Crippen molar-refractivity contribution in [2.45, 2.75) is 17.2 Å². The molecule has 0 radical (unpaired) electrons. The molecule has 6 nitrogen and oxygen atoms in total. The van der Waals surface area contributed by atoms with Gasteiger partial charge in [-0.15, -0.1) is 0 Å². The molecule has 2 aromatic heterocycles. The molecule has 0 amide bonds. The van der Waals surface area contributed by atoms with E-state index in [1.807, 2.05) is 31.2 Å². The minimum absolute atomic E-state index is 0.376. The van der Waals surface area contributed by atoms with Crippen molar-refractivity contribution in [3.8, 4) is 5.88 Å². The standard InChI is InChI=1S/C13H12N4O2S/c1-2-18-11-10(14)12(16-7-15-11)20-13-17-8-5-3-4-6-9(8)19-13/h3-7H,2,14H2,1H3. The molecule has 0 aliphatic carbocycles. The van der Waals surface area contributed by atoms with Crippen LogP contribution >= 0.6 is 11.8 Å². The van der Waals surface area contributed by atoms with Crippen molar-refractivity contribution in [3.63, 3.8) is 0 Å². The second-order valence-electron chi connectivity index (χ2n) is 3.88. The molecule has 0 unspecified atom stereocenters. The highest BCUT2D eigenvalue weighted by Gasteiger charge is 2.14. The Morgan fingerprint density at radius 2 is 2.15 bits per heavy atom. The predicted octanol–water partition coefficient (Wildman–Crippen LogP) is 2.75. The van der Waals surface area contributed by atoms with E-state index in [1.165, 1.54) is 18.1 Å². The van der Waals surface area contributed by atoms with Crippen LogP contribution in [0.5, 0.6) is 5.88 Å². The van der Waals surface area contributed by atoms with Gasteiger partial charge in [-0.1, -0.05) is 12.1 Å². The summed E-state index contributed by atoms with van der Waals surface area (Å²) in [7, 11) is 0. The smallest absolute Gasteiger partial charge is 0.263 e. The first-order chi connectivity index (χ1) is 9.78. The number of oxazole rings is 1. The van der Waals surface area contributed by atoms with Crippen LogP contribution in [-0.4, -0.2) is 21.6 Å². The van der Waals surface area contributed by atoms with Crippen molar-refractivity contribution in [3.05, 3.63) is 30.6 Å². The fourth-order valence-corrected chi connectivity index (χ4v) is 2.41. The molecule has 0 aliphatic rings. The molecule has 102 valence electrons. The van der Waals surface area contributed by atoms with Crippen molar-refractivity contribution >= 4 is 28.5 Å². The summed E-state index contributed by atoms with van der Waals surface area (Å²) in [5.74, 6) is 0.376. The predicted molar refractivity (Wildman–Crippen MR) is 75.7 cm³/mol. The molecule has 0 saturated heterocycles. The third-order valence-electron chi connectivity index (χ3n) is 2.55. The highest BCUT2D eigenvalue weighted by Crippen LogP contribution is 2.34. The van der Waals surface area contributed by atoms with Gasteiger partial charge in [0.15, 0.2) is 5.58 Å². The number of hydrogen-bond donors (Lipinski definition) is 1. The third kappa shape index (κ3) is 2.39. The summed E-state index contributed by atoms with van der Waals surface area (Å²) >= 11 is 1.25. The van der Waals surface area contributed by atoms with Gasteiger partial charge < -0.3 is 14.9 Å². The Morgan fingerprint density at radius 3 is 2.95 bits per heavy atom. The Kier molecular flexibility index (Phi) is 3.42. The maximum atomic E-state index is 5.97. The average molecular weight is 288 g/mol. The van der Waals surface area contributed by atoms with Crippen LogP contribution in [0.25, 0.3) is 11.1 Å². The molecule has 2 N–H and O–H groups in total. The lowest BCUT2D eigenvalue weighted by atomic mass is 10.3. The normalized spacial score (nSPS) is 10.8. The fraction of sp³-hybridized carbons (Fsp3) is 0.154. The summed E-state index contributed by atoms with van der Waals surface area (Å²) in [5.41, 5.74) is 7.89. The van der Waals surface area contributed by atoms with Gasteiger partial charge in [-0.3, -0.25) is 0 Å². The van der Waals surface area contributed by atoms with E-state index < -0.39 is 0 Å². The molecule has 20 heavy (non-hydrogen) atoms. The molecule has 0 fully saturated rings. The summed E-state index contributed by atoms with van der Waals surface area (Å²) in [4.78, 5) is 12.5. The number of nitrogens with two attached hydrogens (primary N) is 1. The number of aromatic nitrogens is 3. The minimum atomic E-state index is 0.376. The van der Waals surface area contributed by atoms with E-state index >= 15 is 0 Å². The lowest BCUT2D eigenvalue weighted by molar-refractivity contribution is 0.327. The second-order valence-corrected chi connectivity index (χ2v) is 4.82. The van der Waals surface area contributed by atoms with Gasteiger partial charge in [0.2, 0.25) is 5.88 Å². The number of fused-ring (bicyclic) bond motifs is 1. The van der Waals surface area contributed by atoms with Gasteiger partial charge >= 0.3 is 0 Å². The molecule has 7 heteroatoms. The van der Waals surface area contributed by atoms with Crippen molar-refractivity contribution in [2.24, 2.45) is 0 Å². The summed E-state index contributed by atoms with van der Waals surface area (Å²) in [6, 6.07) is 7.55. The first-order valence-corrected chi connectivity index (χ1v) is 6.86. The molecule has 0 spiro atoms. The zero-order valence-corrected chi connectivity index (χ0v) is 11.6. The van der Waals surface area contributed by atoms with Crippen molar-refractivity contribution in [1.82, 2.24) is 15.0 Å². The average Bonchev–Trinajstić information content (AvgIpc) is 2.86. The second kappa shape index (κ2) is 5.38. The lowest BCUT2D eigenvalue weighted by Gasteiger charge is -2.06. The Morgan fingerprint density at radius 1 is 1.30 bits per heavy atom. The third-order valence-corrected chi connectivity index (χ3v) is 3.42. The first-order valence-electron chi connectivity index (χ1n) is 6.04. The maximum absolute atomic E-state index is 5.97. The Bertz CT molecular complexity index is 711. The number of anilines is 1. The summed E-state index contributed by atoms with van der Waals surface area (Å²) in [5, 5.41) is 1.05. The van der Waals surface area contributed by atoms with E-state index in [2.05, 4.69) is 15.0 Å². The van der Waals surface area contributed by atoms with Crippen LogP contribution in [0.1, 0.15) is 6.92 Å². The van der Waals surface area contributed by atoms with Gasteiger partial charge in [-0.2, -0.15) is 4.98 Å². The van der Waals surface area contributed by atoms with Crippen molar-refractivity contribution in [2.75, 3.05) is 12.3 Å². The lowest BCUT2D eigenvalue weighted by Crippen LogP contribution is -2.02. The van der Waals surface area contributed by atoms with Crippen LogP contribution in [0.4, 0.5) is 5.69 Å². The SMILES string of the molecule is CCOc1ncnc(Sc2nc3ccccc3o2)c1N. The first kappa shape index (κ1) is 12.7. The molecule has 0 bridgehead atoms. The van der Waals surface area contributed by atoms with E-state index in [4.69, 9.17) is 14.9 Å². The van der Waals surface area contributed by atoms with Gasteiger partial charge in [0, 0.05) is 0 Å². The molecule has 0 aliphatic heterocycles.